The predicted molar refractivity (Wildman–Crippen MR) is 117 cm³/mol. The maximum atomic E-state index is 5.53. The molecule has 3 aromatic rings. The average Bonchev–Trinajstić information content (AvgIpc) is 2.75. The highest BCUT2D eigenvalue weighted by Gasteiger charge is 2.20. The van der Waals surface area contributed by atoms with Gasteiger partial charge in [0.05, 0.1) is 26.9 Å². The normalized spacial score (nSPS) is 11.1. The first-order valence-corrected chi connectivity index (χ1v) is 9.38. The molecule has 0 aliphatic rings. The molecular formula is C24H27N2O3+. The van der Waals surface area contributed by atoms with Crippen LogP contribution in [0.4, 0.5) is 11.4 Å². The van der Waals surface area contributed by atoms with E-state index in [0.717, 1.165) is 22.8 Å². The van der Waals surface area contributed by atoms with Crippen molar-refractivity contribution in [1.82, 2.24) is 0 Å². The molecule has 0 amide bonds. The van der Waals surface area contributed by atoms with E-state index in [4.69, 9.17) is 14.2 Å². The SMILES string of the molecule is COc1cc(C(Nc2ccc(C)cc2)=[NH+]c2ccc(C)cc2)cc(OC)c1OC. The molecule has 3 aromatic carbocycles. The largest absolute Gasteiger partial charge is 0.493 e. The molecule has 0 radical (unpaired) electrons. The molecule has 150 valence electrons. The number of anilines is 1. The van der Waals surface area contributed by atoms with Gasteiger partial charge in [0.15, 0.2) is 11.5 Å². The van der Waals surface area contributed by atoms with Crippen molar-refractivity contribution in [3.05, 3.63) is 77.4 Å². The molecule has 0 aromatic heterocycles. The number of ether oxygens (including phenoxy) is 3. The van der Waals surface area contributed by atoms with Gasteiger partial charge in [-0.2, -0.15) is 0 Å². The first-order valence-electron chi connectivity index (χ1n) is 9.38. The molecule has 0 aliphatic carbocycles. The van der Waals surface area contributed by atoms with E-state index < -0.39 is 0 Å². The third-order valence-corrected chi connectivity index (χ3v) is 4.60. The van der Waals surface area contributed by atoms with Crippen LogP contribution in [0.2, 0.25) is 0 Å². The summed E-state index contributed by atoms with van der Waals surface area (Å²) in [6, 6.07) is 20.3. The number of methoxy groups -OCH3 is 3. The molecule has 29 heavy (non-hydrogen) atoms. The van der Waals surface area contributed by atoms with E-state index in [9.17, 15) is 0 Å². The maximum absolute atomic E-state index is 5.53. The zero-order valence-corrected chi connectivity index (χ0v) is 17.5. The van der Waals surface area contributed by atoms with Crippen LogP contribution in [0.25, 0.3) is 0 Å². The summed E-state index contributed by atoms with van der Waals surface area (Å²) in [4.78, 5) is 3.48. The monoisotopic (exact) mass is 391 g/mol. The van der Waals surface area contributed by atoms with Crippen LogP contribution in [0.15, 0.2) is 60.7 Å². The van der Waals surface area contributed by atoms with Crippen LogP contribution in [0.5, 0.6) is 17.2 Å². The molecule has 0 saturated carbocycles. The number of aryl methyl sites for hydroxylation is 2. The number of hydrogen-bond donors (Lipinski definition) is 2. The summed E-state index contributed by atoms with van der Waals surface area (Å²) in [6.45, 7) is 4.14. The van der Waals surface area contributed by atoms with E-state index in [1.807, 2.05) is 36.4 Å². The number of nitrogens with one attached hydrogen (secondary N) is 2. The van der Waals surface area contributed by atoms with Crippen molar-refractivity contribution in [2.75, 3.05) is 26.6 Å². The van der Waals surface area contributed by atoms with E-state index in [2.05, 4.69) is 48.4 Å². The first kappa shape index (κ1) is 20.3. The molecule has 0 spiro atoms. The second-order valence-electron chi connectivity index (χ2n) is 6.77. The van der Waals surface area contributed by atoms with Crippen LogP contribution in [-0.2, 0) is 0 Å². The van der Waals surface area contributed by atoms with Gasteiger partial charge in [0.25, 0.3) is 5.84 Å². The smallest absolute Gasteiger partial charge is 0.285 e. The van der Waals surface area contributed by atoms with E-state index >= 15 is 0 Å². The van der Waals surface area contributed by atoms with Crippen LogP contribution in [0, 0.1) is 13.8 Å². The Balaban J connectivity index is 2.11. The van der Waals surface area contributed by atoms with E-state index in [0.29, 0.717) is 17.2 Å². The van der Waals surface area contributed by atoms with Crippen LogP contribution < -0.4 is 24.5 Å². The fourth-order valence-corrected chi connectivity index (χ4v) is 2.96. The van der Waals surface area contributed by atoms with Crippen molar-refractivity contribution in [3.8, 4) is 17.2 Å². The Bertz CT molecular complexity index is 969. The predicted octanol–water partition coefficient (Wildman–Crippen LogP) is 3.60. The summed E-state index contributed by atoms with van der Waals surface area (Å²) in [7, 11) is 4.82. The number of hydrogen-bond acceptors (Lipinski definition) is 3. The highest BCUT2D eigenvalue weighted by molar-refractivity contribution is 6.05. The van der Waals surface area contributed by atoms with Crippen molar-refractivity contribution >= 4 is 17.2 Å². The maximum Gasteiger partial charge on any atom is 0.285 e. The summed E-state index contributed by atoms with van der Waals surface area (Å²) in [5.41, 5.74) is 5.23. The second-order valence-corrected chi connectivity index (χ2v) is 6.77. The van der Waals surface area contributed by atoms with Gasteiger partial charge in [-0.1, -0.05) is 35.4 Å². The second kappa shape index (κ2) is 9.15. The fourth-order valence-electron chi connectivity index (χ4n) is 2.96. The van der Waals surface area contributed by atoms with Gasteiger partial charge in [-0.05, 0) is 50.2 Å². The average molecular weight is 391 g/mol. The van der Waals surface area contributed by atoms with Gasteiger partial charge in [0, 0.05) is 0 Å². The Labute approximate surface area is 172 Å². The fraction of sp³-hybridized carbons (Fsp3) is 0.208. The van der Waals surface area contributed by atoms with Gasteiger partial charge in [-0.15, -0.1) is 0 Å². The zero-order chi connectivity index (χ0) is 20.8. The Morgan fingerprint density at radius 1 is 0.724 bits per heavy atom. The number of rotatable bonds is 6. The number of amidine groups is 1. The molecule has 0 bridgehead atoms. The molecule has 5 heteroatoms. The minimum atomic E-state index is 0.559. The molecular weight excluding hydrogens is 364 g/mol. The van der Waals surface area contributed by atoms with Crippen LogP contribution in [-0.4, -0.2) is 27.2 Å². The van der Waals surface area contributed by atoms with Gasteiger partial charge >= 0.3 is 0 Å². The molecule has 0 fully saturated rings. The Hall–Kier alpha value is -3.47. The summed E-state index contributed by atoms with van der Waals surface area (Å²) in [5, 5.41) is 3.48. The third-order valence-electron chi connectivity index (χ3n) is 4.60. The Morgan fingerprint density at radius 3 is 1.72 bits per heavy atom. The quantitative estimate of drug-likeness (QED) is 0.498. The standard InChI is InChI=1S/C24H26N2O3/c1-16-6-10-19(11-7-16)25-24(26-20-12-8-17(2)9-13-20)18-14-21(27-3)23(29-5)22(15-18)28-4/h6-15H,1-5H3,(H,25,26)/p+1. The van der Waals surface area contributed by atoms with E-state index in [1.165, 1.54) is 11.1 Å². The highest BCUT2D eigenvalue weighted by atomic mass is 16.5. The molecule has 2 N–H and O–H groups in total. The van der Waals surface area contributed by atoms with Crippen LogP contribution in [0.1, 0.15) is 16.7 Å². The van der Waals surface area contributed by atoms with Gasteiger partial charge in [0.2, 0.25) is 5.75 Å². The minimum Gasteiger partial charge on any atom is -0.493 e. The lowest BCUT2D eigenvalue weighted by molar-refractivity contribution is -0.353. The van der Waals surface area contributed by atoms with Crippen molar-refractivity contribution in [1.29, 1.82) is 0 Å². The topological polar surface area (TPSA) is 53.7 Å². The van der Waals surface area contributed by atoms with Crippen molar-refractivity contribution in [2.24, 2.45) is 0 Å². The van der Waals surface area contributed by atoms with Crippen molar-refractivity contribution in [2.45, 2.75) is 13.8 Å². The minimum absolute atomic E-state index is 0.559. The van der Waals surface area contributed by atoms with E-state index in [-0.39, 0.29) is 0 Å². The molecule has 3 rings (SSSR count). The summed E-state index contributed by atoms with van der Waals surface area (Å²) in [5.74, 6) is 2.55. The molecule has 0 heterocycles. The summed E-state index contributed by atoms with van der Waals surface area (Å²) >= 11 is 0. The Morgan fingerprint density at radius 2 is 1.24 bits per heavy atom. The third kappa shape index (κ3) is 4.88. The molecule has 0 aliphatic heterocycles. The first-order chi connectivity index (χ1) is 14.0. The van der Waals surface area contributed by atoms with Crippen LogP contribution in [0.3, 0.4) is 0 Å². The molecule has 0 unspecified atom stereocenters. The van der Waals surface area contributed by atoms with Crippen molar-refractivity contribution < 1.29 is 19.2 Å². The van der Waals surface area contributed by atoms with Gasteiger partial charge in [-0.3, -0.25) is 0 Å². The lowest BCUT2D eigenvalue weighted by atomic mass is 10.1. The lowest BCUT2D eigenvalue weighted by Gasteiger charge is -2.14. The van der Waals surface area contributed by atoms with Gasteiger partial charge in [-0.25, -0.2) is 10.3 Å². The highest BCUT2D eigenvalue weighted by Crippen LogP contribution is 2.38. The summed E-state index contributed by atoms with van der Waals surface area (Å²) < 4.78 is 16.5. The molecule has 0 saturated heterocycles. The van der Waals surface area contributed by atoms with Crippen molar-refractivity contribution in [3.63, 3.8) is 0 Å². The van der Waals surface area contributed by atoms with E-state index in [1.54, 1.807) is 21.3 Å². The summed E-state index contributed by atoms with van der Waals surface area (Å²) in [6.07, 6.45) is 0. The lowest BCUT2D eigenvalue weighted by Crippen LogP contribution is -2.68. The molecule has 5 nitrogen and oxygen atoms in total. The van der Waals surface area contributed by atoms with Crippen LogP contribution >= 0.6 is 0 Å². The number of benzene rings is 3. The Kier molecular flexibility index (Phi) is 6.39. The molecule has 0 atom stereocenters. The van der Waals surface area contributed by atoms with Gasteiger partial charge < -0.3 is 14.2 Å². The zero-order valence-electron chi connectivity index (χ0n) is 17.5. The van der Waals surface area contributed by atoms with Gasteiger partial charge in [0.1, 0.15) is 11.4 Å².